The highest BCUT2D eigenvalue weighted by atomic mass is 32.1. The third kappa shape index (κ3) is 2.33. The molecule has 15 heavy (non-hydrogen) atoms. The third-order valence-corrected chi connectivity index (χ3v) is 3.44. The van der Waals surface area contributed by atoms with E-state index in [1.165, 1.54) is 4.88 Å². The second kappa shape index (κ2) is 4.40. The predicted octanol–water partition coefficient (Wildman–Crippen LogP) is 2.46. The van der Waals surface area contributed by atoms with E-state index in [0.29, 0.717) is 6.42 Å². The average molecular weight is 220 g/mol. The quantitative estimate of drug-likeness (QED) is 0.804. The van der Waals surface area contributed by atoms with Crippen LogP contribution in [0.1, 0.15) is 27.3 Å². The van der Waals surface area contributed by atoms with E-state index < -0.39 is 0 Å². The van der Waals surface area contributed by atoms with Gasteiger partial charge in [-0.1, -0.05) is 6.92 Å². The molecular formula is C11H12N2OS. The summed E-state index contributed by atoms with van der Waals surface area (Å²) >= 11 is 1.57. The van der Waals surface area contributed by atoms with Crippen LogP contribution in [0.15, 0.2) is 24.5 Å². The number of imidazole rings is 1. The Kier molecular flexibility index (Phi) is 2.97. The van der Waals surface area contributed by atoms with Gasteiger partial charge in [-0.25, -0.2) is 4.98 Å². The first kappa shape index (κ1) is 10.1. The monoisotopic (exact) mass is 220 g/mol. The molecule has 0 bridgehead atoms. The maximum atomic E-state index is 11.8. The second-order valence-corrected chi connectivity index (χ2v) is 4.42. The normalized spacial score (nSPS) is 10.5. The van der Waals surface area contributed by atoms with Crippen molar-refractivity contribution in [1.82, 2.24) is 9.97 Å². The molecule has 0 radical (unpaired) electrons. The van der Waals surface area contributed by atoms with Gasteiger partial charge in [0, 0.05) is 17.3 Å². The van der Waals surface area contributed by atoms with E-state index in [9.17, 15) is 4.79 Å². The smallest absolute Gasteiger partial charge is 0.180 e. The van der Waals surface area contributed by atoms with E-state index in [0.717, 1.165) is 17.1 Å². The molecule has 2 heterocycles. The maximum Gasteiger partial charge on any atom is 0.180 e. The van der Waals surface area contributed by atoms with Crippen LogP contribution in [0.2, 0.25) is 0 Å². The van der Waals surface area contributed by atoms with Crippen molar-refractivity contribution in [2.45, 2.75) is 19.8 Å². The molecule has 1 N–H and O–H groups in total. The summed E-state index contributed by atoms with van der Waals surface area (Å²) in [6.45, 7) is 2.09. The van der Waals surface area contributed by atoms with Crippen molar-refractivity contribution in [3.8, 4) is 0 Å². The lowest BCUT2D eigenvalue weighted by Crippen LogP contribution is -2.02. The highest BCUT2D eigenvalue weighted by molar-refractivity contribution is 7.14. The van der Waals surface area contributed by atoms with Gasteiger partial charge in [0.05, 0.1) is 11.3 Å². The van der Waals surface area contributed by atoms with E-state index in [1.807, 2.05) is 12.1 Å². The summed E-state index contributed by atoms with van der Waals surface area (Å²) in [5.41, 5.74) is 0. The third-order valence-electron chi connectivity index (χ3n) is 2.17. The number of carbonyl (C=O) groups excluding carboxylic acids is 1. The van der Waals surface area contributed by atoms with Gasteiger partial charge in [0.15, 0.2) is 5.78 Å². The predicted molar refractivity (Wildman–Crippen MR) is 60.3 cm³/mol. The molecule has 0 unspecified atom stereocenters. The Morgan fingerprint density at radius 2 is 2.40 bits per heavy atom. The number of aromatic nitrogens is 2. The fraction of sp³-hybridized carbons (Fsp3) is 0.273. The van der Waals surface area contributed by atoms with Gasteiger partial charge in [0.2, 0.25) is 0 Å². The molecule has 3 nitrogen and oxygen atoms in total. The number of nitrogens with zero attached hydrogens (tertiary/aromatic N) is 1. The molecule has 0 aliphatic carbocycles. The number of aryl methyl sites for hydroxylation is 1. The Morgan fingerprint density at radius 1 is 1.53 bits per heavy atom. The molecule has 0 fully saturated rings. The van der Waals surface area contributed by atoms with E-state index >= 15 is 0 Å². The lowest BCUT2D eigenvalue weighted by molar-refractivity contribution is 0.0995. The number of hydrogen-bond acceptors (Lipinski definition) is 3. The van der Waals surface area contributed by atoms with Gasteiger partial charge in [-0.3, -0.25) is 4.79 Å². The Balaban J connectivity index is 2.08. The summed E-state index contributed by atoms with van der Waals surface area (Å²) in [5, 5.41) is 0. The first-order valence-corrected chi connectivity index (χ1v) is 5.71. The zero-order valence-corrected chi connectivity index (χ0v) is 9.30. The Labute approximate surface area is 92.2 Å². The summed E-state index contributed by atoms with van der Waals surface area (Å²) in [5.74, 6) is 0.862. The Hall–Kier alpha value is -1.42. The highest BCUT2D eigenvalue weighted by Crippen LogP contribution is 2.18. The van der Waals surface area contributed by atoms with Gasteiger partial charge in [0.1, 0.15) is 5.82 Å². The number of hydrogen-bond donors (Lipinski definition) is 1. The number of carbonyl (C=O) groups is 1. The number of thiophene rings is 1. The number of H-pyrrole nitrogens is 1. The molecule has 0 amide bonds. The zero-order chi connectivity index (χ0) is 10.7. The van der Waals surface area contributed by atoms with Gasteiger partial charge in [-0.05, 0) is 18.6 Å². The van der Waals surface area contributed by atoms with Crippen LogP contribution in [0.3, 0.4) is 0 Å². The SMILES string of the molecule is CCc1ccc(C(=O)Cc2ncc[nH]2)s1. The minimum absolute atomic E-state index is 0.134. The Morgan fingerprint density at radius 3 is 3.00 bits per heavy atom. The summed E-state index contributed by atoms with van der Waals surface area (Å²) in [7, 11) is 0. The van der Waals surface area contributed by atoms with Crippen LogP contribution in [0.4, 0.5) is 0 Å². The first-order valence-electron chi connectivity index (χ1n) is 4.89. The number of aromatic amines is 1. The molecule has 2 rings (SSSR count). The highest BCUT2D eigenvalue weighted by Gasteiger charge is 2.10. The van der Waals surface area contributed by atoms with Gasteiger partial charge >= 0.3 is 0 Å². The van der Waals surface area contributed by atoms with E-state index in [-0.39, 0.29) is 5.78 Å². The van der Waals surface area contributed by atoms with Gasteiger partial charge in [-0.15, -0.1) is 11.3 Å². The lowest BCUT2D eigenvalue weighted by atomic mass is 10.2. The van der Waals surface area contributed by atoms with E-state index in [2.05, 4.69) is 16.9 Å². The van der Waals surface area contributed by atoms with Crippen molar-refractivity contribution < 1.29 is 4.79 Å². The molecule has 2 aromatic rings. The minimum atomic E-state index is 0.134. The molecule has 0 saturated heterocycles. The average Bonchev–Trinajstić information content (AvgIpc) is 2.86. The van der Waals surface area contributed by atoms with Gasteiger partial charge in [-0.2, -0.15) is 0 Å². The molecule has 0 atom stereocenters. The van der Waals surface area contributed by atoms with Gasteiger partial charge in [0.25, 0.3) is 0 Å². The first-order chi connectivity index (χ1) is 7.29. The van der Waals surface area contributed by atoms with Crippen molar-refractivity contribution >= 4 is 17.1 Å². The number of Topliss-reactive ketones (excluding diaryl/α,β-unsaturated/α-hetero) is 1. The topological polar surface area (TPSA) is 45.8 Å². The number of ketones is 1. The van der Waals surface area contributed by atoms with Crippen molar-refractivity contribution in [3.05, 3.63) is 40.1 Å². The van der Waals surface area contributed by atoms with Gasteiger partial charge < -0.3 is 4.98 Å². The van der Waals surface area contributed by atoms with Crippen LogP contribution >= 0.6 is 11.3 Å². The number of nitrogens with one attached hydrogen (secondary N) is 1. The molecule has 4 heteroatoms. The number of rotatable bonds is 4. The van der Waals surface area contributed by atoms with Crippen LogP contribution < -0.4 is 0 Å². The largest absolute Gasteiger partial charge is 0.348 e. The minimum Gasteiger partial charge on any atom is -0.348 e. The molecule has 0 aromatic carbocycles. The molecule has 0 saturated carbocycles. The van der Waals surface area contributed by atoms with Crippen molar-refractivity contribution in [2.75, 3.05) is 0 Å². The molecule has 2 aromatic heterocycles. The van der Waals surface area contributed by atoms with Crippen LogP contribution in [-0.4, -0.2) is 15.8 Å². The summed E-state index contributed by atoms with van der Waals surface area (Å²) in [4.78, 5) is 20.8. The van der Waals surface area contributed by atoms with Crippen molar-refractivity contribution in [3.63, 3.8) is 0 Å². The molecule has 0 spiro atoms. The molecular weight excluding hydrogens is 208 g/mol. The second-order valence-electron chi connectivity index (χ2n) is 3.26. The van der Waals surface area contributed by atoms with Crippen LogP contribution in [0, 0.1) is 0 Å². The molecule has 78 valence electrons. The fourth-order valence-electron chi connectivity index (χ4n) is 1.35. The van der Waals surface area contributed by atoms with Crippen LogP contribution in [0.5, 0.6) is 0 Å². The van der Waals surface area contributed by atoms with Crippen molar-refractivity contribution in [2.24, 2.45) is 0 Å². The summed E-state index contributed by atoms with van der Waals surface area (Å²) in [6, 6.07) is 3.91. The summed E-state index contributed by atoms with van der Waals surface area (Å²) < 4.78 is 0. The summed E-state index contributed by atoms with van der Waals surface area (Å²) in [6.07, 6.45) is 4.73. The molecule has 0 aliphatic heterocycles. The van der Waals surface area contributed by atoms with E-state index in [1.54, 1.807) is 23.7 Å². The maximum absolute atomic E-state index is 11.8. The molecule has 0 aliphatic rings. The zero-order valence-electron chi connectivity index (χ0n) is 8.49. The fourth-order valence-corrected chi connectivity index (χ4v) is 2.24. The van der Waals surface area contributed by atoms with E-state index in [4.69, 9.17) is 0 Å². The van der Waals surface area contributed by atoms with Crippen LogP contribution in [-0.2, 0) is 12.8 Å². The van der Waals surface area contributed by atoms with Crippen LogP contribution in [0.25, 0.3) is 0 Å². The standard InChI is InChI=1S/C11H12N2OS/c1-2-8-3-4-10(15-8)9(14)7-11-12-5-6-13-11/h3-6H,2,7H2,1H3,(H,12,13). The van der Waals surface area contributed by atoms with Crippen molar-refractivity contribution in [1.29, 1.82) is 0 Å². The lowest BCUT2D eigenvalue weighted by Gasteiger charge is -1.93. The Bertz CT molecular complexity index is 445.